The van der Waals surface area contributed by atoms with Crippen LogP contribution in [0.5, 0.6) is 0 Å². The maximum absolute atomic E-state index is 11.8. The van der Waals surface area contributed by atoms with Crippen molar-refractivity contribution >= 4 is 42.1 Å². The Morgan fingerprint density at radius 2 is 2.20 bits per heavy atom. The lowest BCUT2D eigenvalue weighted by atomic mass is 10.3. The Bertz CT molecular complexity index is 523. The monoisotopic (exact) mass is 335 g/mol. The number of thiazole rings is 1. The van der Waals surface area contributed by atoms with E-state index in [0.29, 0.717) is 30.9 Å². The maximum atomic E-state index is 11.8. The third kappa shape index (κ3) is 5.38. The smallest absolute Gasteiger partial charge is 0.271 e. The molecule has 2 aromatic heterocycles. The molecule has 0 aliphatic carbocycles. The largest absolute Gasteiger partial charge is 0.345 e. The molecule has 0 spiro atoms. The zero-order valence-corrected chi connectivity index (χ0v) is 12.9. The first-order valence-corrected chi connectivity index (χ1v) is 6.37. The summed E-state index contributed by atoms with van der Waals surface area (Å²) in [6, 6.07) is 3.57. The van der Waals surface area contributed by atoms with Crippen molar-refractivity contribution < 1.29 is 4.79 Å². The highest BCUT2D eigenvalue weighted by molar-refractivity contribution is 7.09. The molecule has 20 heavy (non-hydrogen) atoms. The number of carbonyl (C=O) groups excluding carboxylic acids is 1. The van der Waals surface area contributed by atoms with Gasteiger partial charge in [-0.3, -0.25) is 4.79 Å². The summed E-state index contributed by atoms with van der Waals surface area (Å²) in [5, 5.41) is 13.0. The molecule has 6 nitrogen and oxygen atoms in total. The molecule has 0 saturated heterocycles. The molecule has 0 unspecified atom stereocenters. The van der Waals surface area contributed by atoms with Gasteiger partial charge in [-0.25, -0.2) is 4.98 Å². The molecule has 2 aromatic rings. The van der Waals surface area contributed by atoms with Gasteiger partial charge < -0.3 is 11.1 Å². The Balaban J connectivity index is 0.00000180. The molecule has 0 atom stereocenters. The standard InChI is InChI=1S/C11H13N5OS.2ClH/c12-4-3-10-15-9(7-18-10)11(17)13-6-8-2-1-5-14-16-8;;/h1-2,5,7H,3-4,6,12H2,(H,13,17);2*1H. The quantitative estimate of drug-likeness (QED) is 0.856. The van der Waals surface area contributed by atoms with Gasteiger partial charge in [0.2, 0.25) is 0 Å². The van der Waals surface area contributed by atoms with E-state index in [0.717, 1.165) is 5.01 Å². The summed E-state index contributed by atoms with van der Waals surface area (Å²) in [6.45, 7) is 0.880. The summed E-state index contributed by atoms with van der Waals surface area (Å²) in [6.07, 6.45) is 2.28. The molecule has 0 aliphatic rings. The minimum absolute atomic E-state index is 0. The van der Waals surface area contributed by atoms with Crippen LogP contribution in [-0.4, -0.2) is 27.6 Å². The van der Waals surface area contributed by atoms with Crippen LogP contribution < -0.4 is 11.1 Å². The van der Waals surface area contributed by atoms with Gasteiger partial charge in [0.1, 0.15) is 5.69 Å². The molecule has 1 amide bonds. The number of nitrogens with two attached hydrogens (primary N) is 1. The lowest BCUT2D eigenvalue weighted by Crippen LogP contribution is -2.23. The molecule has 0 aliphatic heterocycles. The fourth-order valence-electron chi connectivity index (χ4n) is 1.34. The molecule has 2 rings (SSSR count). The van der Waals surface area contributed by atoms with Crippen molar-refractivity contribution in [2.24, 2.45) is 5.73 Å². The van der Waals surface area contributed by atoms with Gasteiger partial charge in [0.25, 0.3) is 5.91 Å². The molecular weight excluding hydrogens is 321 g/mol. The van der Waals surface area contributed by atoms with Gasteiger partial charge >= 0.3 is 0 Å². The first-order valence-electron chi connectivity index (χ1n) is 5.49. The summed E-state index contributed by atoms with van der Waals surface area (Å²) in [5.74, 6) is -0.208. The molecule has 0 saturated carbocycles. The topological polar surface area (TPSA) is 93.8 Å². The minimum atomic E-state index is -0.208. The van der Waals surface area contributed by atoms with E-state index in [4.69, 9.17) is 5.73 Å². The second kappa shape index (κ2) is 9.60. The van der Waals surface area contributed by atoms with Crippen LogP contribution in [0.25, 0.3) is 0 Å². The van der Waals surface area contributed by atoms with E-state index < -0.39 is 0 Å². The van der Waals surface area contributed by atoms with Gasteiger partial charge in [0.05, 0.1) is 17.2 Å². The highest BCUT2D eigenvalue weighted by Crippen LogP contribution is 2.09. The van der Waals surface area contributed by atoms with Gasteiger partial charge in [0, 0.05) is 18.0 Å². The molecule has 110 valence electrons. The fourth-order valence-corrected chi connectivity index (χ4v) is 2.14. The number of carbonyl (C=O) groups is 1. The van der Waals surface area contributed by atoms with Crippen LogP contribution in [0.1, 0.15) is 21.2 Å². The number of nitrogens with zero attached hydrogens (tertiary/aromatic N) is 3. The number of rotatable bonds is 5. The second-order valence-corrected chi connectivity index (χ2v) is 4.51. The molecule has 0 aromatic carbocycles. The van der Waals surface area contributed by atoms with Crippen molar-refractivity contribution in [2.45, 2.75) is 13.0 Å². The number of halogens is 2. The van der Waals surface area contributed by atoms with Gasteiger partial charge in [-0.1, -0.05) is 0 Å². The molecular formula is C11H15Cl2N5OS. The van der Waals surface area contributed by atoms with Crippen molar-refractivity contribution in [2.75, 3.05) is 6.54 Å². The van der Waals surface area contributed by atoms with E-state index in [1.54, 1.807) is 23.7 Å². The zero-order valence-electron chi connectivity index (χ0n) is 10.5. The Labute approximate surface area is 133 Å². The third-order valence-electron chi connectivity index (χ3n) is 2.20. The predicted octanol–water partition coefficient (Wildman–Crippen LogP) is 1.21. The third-order valence-corrected chi connectivity index (χ3v) is 3.11. The summed E-state index contributed by atoms with van der Waals surface area (Å²) >= 11 is 1.44. The van der Waals surface area contributed by atoms with Gasteiger partial charge in [-0.05, 0) is 18.7 Å². The van der Waals surface area contributed by atoms with E-state index >= 15 is 0 Å². The normalized spacial score (nSPS) is 9.25. The first kappa shape index (κ1) is 18.7. The SMILES string of the molecule is Cl.Cl.NCCc1nc(C(=O)NCc2cccnn2)cs1. The van der Waals surface area contributed by atoms with Crippen LogP contribution in [0.4, 0.5) is 0 Å². The highest BCUT2D eigenvalue weighted by Gasteiger charge is 2.10. The maximum Gasteiger partial charge on any atom is 0.271 e. The summed E-state index contributed by atoms with van der Waals surface area (Å²) < 4.78 is 0. The van der Waals surface area contributed by atoms with Crippen molar-refractivity contribution in [1.29, 1.82) is 0 Å². The Kier molecular flexibility index (Phi) is 8.98. The van der Waals surface area contributed by atoms with Crippen molar-refractivity contribution in [3.8, 4) is 0 Å². The molecule has 0 bridgehead atoms. The average Bonchev–Trinajstić information content (AvgIpc) is 2.86. The Morgan fingerprint density at radius 1 is 1.40 bits per heavy atom. The first-order chi connectivity index (χ1) is 8.79. The molecule has 2 heterocycles. The number of hydrogen-bond donors (Lipinski definition) is 2. The van der Waals surface area contributed by atoms with E-state index in [1.165, 1.54) is 11.3 Å². The molecule has 0 fully saturated rings. The van der Waals surface area contributed by atoms with Crippen molar-refractivity contribution in [3.63, 3.8) is 0 Å². The predicted molar refractivity (Wildman–Crippen MR) is 82.6 cm³/mol. The Morgan fingerprint density at radius 3 is 2.85 bits per heavy atom. The molecule has 3 N–H and O–H groups in total. The Hall–Kier alpha value is -1.28. The number of aromatic nitrogens is 3. The number of hydrogen-bond acceptors (Lipinski definition) is 6. The van der Waals surface area contributed by atoms with E-state index in [9.17, 15) is 4.79 Å². The fraction of sp³-hybridized carbons (Fsp3) is 0.273. The lowest BCUT2D eigenvalue weighted by molar-refractivity contribution is 0.0946. The average molecular weight is 336 g/mol. The van der Waals surface area contributed by atoms with Gasteiger partial charge in [-0.2, -0.15) is 10.2 Å². The highest BCUT2D eigenvalue weighted by atomic mass is 35.5. The minimum Gasteiger partial charge on any atom is -0.345 e. The van der Waals surface area contributed by atoms with E-state index in [-0.39, 0.29) is 30.7 Å². The van der Waals surface area contributed by atoms with Crippen LogP contribution in [-0.2, 0) is 13.0 Å². The second-order valence-electron chi connectivity index (χ2n) is 3.56. The van der Waals surface area contributed by atoms with E-state index in [2.05, 4.69) is 20.5 Å². The molecule has 0 radical (unpaired) electrons. The number of amides is 1. The summed E-state index contributed by atoms with van der Waals surface area (Å²) in [7, 11) is 0. The summed E-state index contributed by atoms with van der Waals surface area (Å²) in [5.41, 5.74) is 6.57. The van der Waals surface area contributed by atoms with Crippen molar-refractivity contribution in [3.05, 3.63) is 40.1 Å². The summed E-state index contributed by atoms with van der Waals surface area (Å²) in [4.78, 5) is 16.0. The van der Waals surface area contributed by atoms with Crippen LogP contribution >= 0.6 is 36.2 Å². The van der Waals surface area contributed by atoms with Crippen LogP contribution in [0.15, 0.2) is 23.7 Å². The molecule has 9 heteroatoms. The van der Waals surface area contributed by atoms with Crippen LogP contribution in [0, 0.1) is 0 Å². The van der Waals surface area contributed by atoms with Crippen LogP contribution in [0.2, 0.25) is 0 Å². The van der Waals surface area contributed by atoms with E-state index in [1.807, 2.05) is 0 Å². The van der Waals surface area contributed by atoms with Crippen molar-refractivity contribution in [1.82, 2.24) is 20.5 Å². The van der Waals surface area contributed by atoms with Crippen LogP contribution in [0.3, 0.4) is 0 Å². The lowest BCUT2D eigenvalue weighted by Gasteiger charge is -2.01. The zero-order chi connectivity index (χ0) is 12.8. The van der Waals surface area contributed by atoms with Gasteiger partial charge in [0.15, 0.2) is 0 Å². The number of nitrogens with one attached hydrogen (secondary N) is 1. The van der Waals surface area contributed by atoms with Gasteiger partial charge in [-0.15, -0.1) is 36.2 Å².